The van der Waals surface area contributed by atoms with E-state index in [1.165, 1.54) is 6.07 Å². The van der Waals surface area contributed by atoms with Crippen LogP contribution in [0.2, 0.25) is 5.02 Å². The standard InChI is InChI=1S/C21H14ClFN2O2/c22-17-8-4-9-18(23)16(17)12-27-14-6-3-5-13(11-14)20-24-19-10-2-1-7-15(19)21(26)25-20/h1-11H,12H2,(H,24,25,26). The van der Waals surface area contributed by atoms with Crippen LogP contribution in [0.5, 0.6) is 5.75 Å². The van der Waals surface area contributed by atoms with Crippen LogP contribution in [0.15, 0.2) is 71.5 Å². The minimum Gasteiger partial charge on any atom is -0.489 e. The molecule has 27 heavy (non-hydrogen) atoms. The van der Waals surface area contributed by atoms with E-state index in [9.17, 15) is 9.18 Å². The number of nitrogens with one attached hydrogen (secondary N) is 1. The summed E-state index contributed by atoms with van der Waals surface area (Å²) in [7, 11) is 0. The van der Waals surface area contributed by atoms with Gasteiger partial charge in [-0.15, -0.1) is 0 Å². The minimum atomic E-state index is -0.417. The van der Waals surface area contributed by atoms with Crippen molar-refractivity contribution in [3.63, 3.8) is 0 Å². The van der Waals surface area contributed by atoms with Crippen LogP contribution in [-0.4, -0.2) is 9.97 Å². The van der Waals surface area contributed by atoms with Crippen LogP contribution in [0, 0.1) is 5.82 Å². The second kappa shape index (κ2) is 7.21. The number of hydrogen-bond acceptors (Lipinski definition) is 3. The van der Waals surface area contributed by atoms with Gasteiger partial charge in [0.25, 0.3) is 5.56 Å². The minimum absolute atomic E-state index is 0.00334. The van der Waals surface area contributed by atoms with E-state index in [4.69, 9.17) is 16.3 Å². The Balaban J connectivity index is 1.64. The SMILES string of the molecule is O=c1[nH]c(-c2cccc(OCc3c(F)cccc3Cl)c2)nc2ccccc12. The molecular weight excluding hydrogens is 367 g/mol. The van der Waals surface area contributed by atoms with E-state index in [0.717, 1.165) is 0 Å². The van der Waals surface area contributed by atoms with Gasteiger partial charge in [-0.05, 0) is 36.4 Å². The molecule has 4 nitrogen and oxygen atoms in total. The third kappa shape index (κ3) is 3.55. The molecule has 0 spiro atoms. The van der Waals surface area contributed by atoms with Crippen LogP contribution in [0.3, 0.4) is 0 Å². The number of benzene rings is 3. The smallest absolute Gasteiger partial charge is 0.259 e. The van der Waals surface area contributed by atoms with Crippen molar-refractivity contribution in [1.29, 1.82) is 0 Å². The zero-order valence-corrected chi connectivity index (χ0v) is 14.8. The molecule has 0 aliphatic carbocycles. The zero-order valence-electron chi connectivity index (χ0n) is 14.1. The highest BCUT2D eigenvalue weighted by molar-refractivity contribution is 6.31. The van der Waals surface area contributed by atoms with E-state index < -0.39 is 5.82 Å². The average Bonchev–Trinajstić information content (AvgIpc) is 2.68. The van der Waals surface area contributed by atoms with Gasteiger partial charge < -0.3 is 9.72 Å². The fourth-order valence-electron chi connectivity index (χ4n) is 2.78. The number of fused-ring (bicyclic) bond motifs is 1. The van der Waals surface area contributed by atoms with Gasteiger partial charge in [0.2, 0.25) is 0 Å². The molecule has 1 heterocycles. The first-order chi connectivity index (χ1) is 13.1. The molecule has 0 saturated heterocycles. The van der Waals surface area contributed by atoms with Gasteiger partial charge in [-0.2, -0.15) is 0 Å². The van der Waals surface area contributed by atoms with E-state index in [0.29, 0.717) is 38.6 Å². The van der Waals surface area contributed by atoms with Gasteiger partial charge in [0.1, 0.15) is 24.0 Å². The zero-order chi connectivity index (χ0) is 18.8. The lowest BCUT2D eigenvalue weighted by molar-refractivity contribution is 0.300. The number of ether oxygens (including phenoxy) is 1. The van der Waals surface area contributed by atoms with Gasteiger partial charge in [0.15, 0.2) is 0 Å². The Morgan fingerprint density at radius 1 is 1.04 bits per heavy atom. The molecule has 1 aromatic heterocycles. The number of nitrogens with zero attached hydrogens (tertiary/aromatic N) is 1. The van der Waals surface area contributed by atoms with Gasteiger partial charge in [0.05, 0.1) is 15.9 Å². The molecule has 0 amide bonds. The summed E-state index contributed by atoms with van der Waals surface area (Å²) >= 11 is 6.03. The lowest BCUT2D eigenvalue weighted by Crippen LogP contribution is -2.09. The second-order valence-corrected chi connectivity index (χ2v) is 6.36. The lowest BCUT2D eigenvalue weighted by atomic mass is 10.2. The summed E-state index contributed by atoms with van der Waals surface area (Å²) in [4.78, 5) is 19.5. The van der Waals surface area contributed by atoms with Crippen molar-refractivity contribution in [3.05, 3.63) is 93.5 Å². The Bertz CT molecular complexity index is 1170. The van der Waals surface area contributed by atoms with Gasteiger partial charge in [-0.3, -0.25) is 4.79 Å². The average molecular weight is 381 g/mol. The van der Waals surface area contributed by atoms with Crippen LogP contribution in [0.25, 0.3) is 22.3 Å². The van der Waals surface area contributed by atoms with E-state index in [2.05, 4.69) is 9.97 Å². The highest BCUT2D eigenvalue weighted by Crippen LogP contribution is 2.24. The number of aromatic amines is 1. The van der Waals surface area contributed by atoms with Crippen molar-refractivity contribution in [2.45, 2.75) is 6.61 Å². The molecular formula is C21H14ClFN2O2. The summed E-state index contributed by atoms with van der Waals surface area (Å²) < 4.78 is 19.6. The summed E-state index contributed by atoms with van der Waals surface area (Å²) in [5.74, 6) is 0.537. The molecule has 0 saturated carbocycles. The number of para-hydroxylation sites is 1. The molecule has 4 aromatic rings. The Kier molecular flexibility index (Phi) is 4.60. The van der Waals surface area contributed by atoms with Gasteiger partial charge in [-0.25, -0.2) is 9.37 Å². The first-order valence-corrected chi connectivity index (χ1v) is 8.65. The first kappa shape index (κ1) is 17.2. The third-order valence-electron chi connectivity index (χ3n) is 4.17. The van der Waals surface area contributed by atoms with Crippen molar-refractivity contribution in [1.82, 2.24) is 9.97 Å². The molecule has 0 aliphatic rings. The fraction of sp³-hybridized carbons (Fsp3) is 0.0476. The second-order valence-electron chi connectivity index (χ2n) is 5.95. The Morgan fingerprint density at radius 2 is 1.85 bits per heavy atom. The maximum absolute atomic E-state index is 13.9. The molecule has 6 heteroatoms. The maximum atomic E-state index is 13.9. The largest absolute Gasteiger partial charge is 0.489 e. The molecule has 4 rings (SSSR count). The molecule has 0 bridgehead atoms. The van der Waals surface area contributed by atoms with E-state index >= 15 is 0 Å². The summed E-state index contributed by atoms with van der Waals surface area (Å²) in [6.45, 7) is -0.00334. The summed E-state index contributed by atoms with van der Waals surface area (Å²) in [5, 5.41) is 0.842. The molecule has 1 N–H and O–H groups in total. The van der Waals surface area contributed by atoms with Crippen molar-refractivity contribution < 1.29 is 9.13 Å². The maximum Gasteiger partial charge on any atom is 0.259 e. The number of hydrogen-bond donors (Lipinski definition) is 1. The molecule has 0 radical (unpaired) electrons. The van der Waals surface area contributed by atoms with Crippen molar-refractivity contribution >= 4 is 22.5 Å². The summed E-state index contributed by atoms with van der Waals surface area (Å²) in [6.07, 6.45) is 0. The predicted molar refractivity (Wildman–Crippen MR) is 104 cm³/mol. The molecule has 0 atom stereocenters. The van der Waals surface area contributed by atoms with Crippen LogP contribution in [0.4, 0.5) is 4.39 Å². The van der Waals surface area contributed by atoms with Crippen molar-refractivity contribution in [2.24, 2.45) is 0 Å². The topological polar surface area (TPSA) is 55.0 Å². The Labute approximate surface area is 159 Å². The molecule has 3 aromatic carbocycles. The Morgan fingerprint density at radius 3 is 2.70 bits per heavy atom. The van der Waals surface area contributed by atoms with Crippen LogP contribution >= 0.6 is 11.6 Å². The highest BCUT2D eigenvalue weighted by Gasteiger charge is 2.09. The van der Waals surface area contributed by atoms with Crippen molar-refractivity contribution in [3.8, 4) is 17.1 Å². The van der Waals surface area contributed by atoms with Crippen LogP contribution in [-0.2, 0) is 6.61 Å². The van der Waals surface area contributed by atoms with Crippen molar-refractivity contribution in [2.75, 3.05) is 0 Å². The molecule has 0 unspecified atom stereocenters. The van der Waals surface area contributed by atoms with Gasteiger partial charge >= 0.3 is 0 Å². The van der Waals surface area contributed by atoms with E-state index in [1.807, 2.05) is 12.1 Å². The van der Waals surface area contributed by atoms with Crippen LogP contribution in [0.1, 0.15) is 5.56 Å². The number of rotatable bonds is 4. The monoisotopic (exact) mass is 380 g/mol. The number of aromatic nitrogens is 2. The van der Waals surface area contributed by atoms with Crippen LogP contribution < -0.4 is 10.3 Å². The van der Waals surface area contributed by atoms with E-state index in [1.54, 1.807) is 48.5 Å². The highest BCUT2D eigenvalue weighted by atomic mass is 35.5. The lowest BCUT2D eigenvalue weighted by Gasteiger charge is -2.10. The van der Waals surface area contributed by atoms with Gasteiger partial charge in [-0.1, -0.05) is 41.9 Å². The van der Waals surface area contributed by atoms with Gasteiger partial charge in [0, 0.05) is 11.1 Å². The summed E-state index contributed by atoms with van der Waals surface area (Å²) in [6, 6.07) is 18.7. The van der Waals surface area contributed by atoms with E-state index in [-0.39, 0.29) is 12.2 Å². The number of H-pyrrole nitrogens is 1. The number of halogens is 2. The quantitative estimate of drug-likeness (QED) is 0.544. The Hall–Kier alpha value is -3.18. The summed E-state index contributed by atoms with van der Waals surface area (Å²) in [5.41, 5.74) is 1.39. The molecule has 0 fully saturated rings. The molecule has 0 aliphatic heterocycles. The normalized spacial score (nSPS) is 10.9. The third-order valence-corrected chi connectivity index (χ3v) is 4.52. The molecule has 134 valence electrons. The fourth-order valence-corrected chi connectivity index (χ4v) is 3.00. The predicted octanol–water partition coefficient (Wildman–Crippen LogP) is 4.96. The first-order valence-electron chi connectivity index (χ1n) is 8.27.